The van der Waals surface area contributed by atoms with Crippen LogP contribution < -0.4 is 10.4 Å². The Balaban J connectivity index is 2.12. The Morgan fingerprint density at radius 1 is 0.800 bits per heavy atom. The van der Waals surface area contributed by atoms with E-state index in [1.165, 1.54) is 10.4 Å². The van der Waals surface area contributed by atoms with Crippen molar-refractivity contribution >= 4 is 18.7 Å². The summed E-state index contributed by atoms with van der Waals surface area (Å²) in [7, 11) is -2.45. The highest BCUT2D eigenvalue weighted by molar-refractivity contribution is 6.99. The van der Waals surface area contributed by atoms with E-state index in [9.17, 15) is 0 Å². The van der Waals surface area contributed by atoms with Gasteiger partial charge >= 0.3 is 0 Å². The van der Waals surface area contributed by atoms with E-state index >= 15 is 0 Å². The number of hydrogen-bond donors (Lipinski definition) is 0. The van der Waals surface area contributed by atoms with Gasteiger partial charge in [0.2, 0.25) is 0 Å². The summed E-state index contributed by atoms with van der Waals surface area (Å²) in [6.07, 6.45) is 0. The van der Waals surface area contributed by atoms with Crippen molar-refractivity contribution in [3.05, 3.63) is 96.6 Å². The lowest BCUT2D eigenvalue weighted by Gasteiger charge is -2.43. The van der Waals surface area contributed by atoms with Crippen molar-refractivity contribution in [2.75, 3.05) is 0 Å². The molecule has 3 aromatic carbocycles. The zero-order chi connectivity index (χ0) is 17.8. The van der Waals surface area contributed by atoms with Crippen LogP contribution in [0.2, 0.25) is 5.04 Å². The molecular weight excluding hydrogens is 320 g/mol. The van der Waals surface area contributed by atoms with Gasteiger partial charge in [-0.3, -0.25) is 0 Å². The van der Waals surface area contributed by atoms with Gasteiger partial charge in [-0.25, -0.2) is 0 Å². The van der Waals surface area contributed by atoms with Gasteiger partial charge < -0.3 is 4.43 Å². The van der Waals surface area contributed by atoms with Crippen LogP contribution in [0.1, 0.15) is 26.3 Å². The Hall–Kier alpha value is -2.16. The van der Waals surface area contributed by atoms with Crippen LogP contribution in [0.15, 0.2) is 84.9 Å². The van der Waals surface area contributed by atoms with Crippen LogP contribution in [0.5, 0.6) is 0 Å². The van der Waals surface area contributed by atoms with Gasteiger partial charge in [0.15, 0.2) is 0 Å². The summed E-state index contributed by atoms with van der Waals surface area (Å²) >= 11 is 0. The molecule has 3 aromatic rings. The summed E-state index contributed by atoms with van der Waals surface area (Å²) in [4.78, 5) is 0. The average molecular weight is 346 g/mol. The van der Waals surface area contributed by atoms with Crippen molar-refractivity contribution in [1.29, 1.82) is 0 Å². The Morgan fingerprint density at radius 2 is 1.36 bits per heavy atom. The lowest BCUT2D eigenvalue weighted by atomic mass is 10.2. The minimum absolute atomic E-state index is 0.00814. The van der Waals surface area contributed by atoms with Gasteiger partial charge in [0.25, 0.3) is 8.32 Å². The molecule has 25 heavy (non-hydrogen) atoms. The largest absolute Gasteiger partial charge is 0.403 e. The minimum Gasteiger partial charge on any atom is -0.403 e. The molecule has 0 saturated carbocycles. The molecular formula is C23H25OSi. The van der Waals surface area contributed by atoms with Crippen molar-refractivity contribution in [2.24, 2.45) is 0 Å². The van der Waals surface area contributed by atoms with Crippen LogP contribution in [0.3, 0.4) is 0 Å². The van der Waals surface area contributed by atoms with Crippen molar-refractivity contribution in [3.63, 3.8) is 0 Å². The average Bonchev–Trinajstić information content (AvgIpc) is 2.64. The summed E-state index contributed by atoms with van der Waals surface area (Å²) in [6.45, 7) is 7.51. The molecule has 0 unspecified atom stereocenters. The van der Waals surface area contributed by atoms with Crippen molar-refractivity contribution in [3.8, 4) is 0 Å². The zero-order valence-electron chi connectivity index (χ0n) is 15.2. The van der Waals surface area contributed by atoms with Crippen molar-refractivity contribution in [2.45, 2.75) is 32.4 Å². The van der Waals surface area contributed by atoms with E-state index < -0.39 is 8.32 Å². The molecule has 0 N–H and O–H groups in total. The molecule has 0 aromatic heterocycles. The second-order valence-corrected chi connectivity index (χ2v) is 11.7. The first-order valence-electron chi connectivity index (χ1n) is 8.74. The SMILES string of the molecule is CC(C)(C)[Si](OCc1c[c]ccc1)(c1ccccc1)c1ccccc1. The third-order valence-electron chi connectivity index (χ3n) is 4.64. The highest BCUT2D eigenvalue weighted by Gasteiger charge is 2.50. The molecule has 0 fully saturated rings. The van der Waals surface area contributed by atoms with Gasteiger partial charge in [0, 0.05) is 0 Å². The summed E-state index contributed by atoms with van der Waals surface area (Å²) in [5, 5.41) is 2.64. The first-order chi connectivity index (χ1) is 12.0. The van der Waals surface area contributed by atoms with E-state index in [1.54, 1.807) is 0 Å². The van der Waals surface area contributed by atoms with E-state index in [2.05, 4.69) is 93.6 Å². The highest BCUT2D eigenvalue weighted by atomic mass is 28.4. The molecule has 1 nitrogen and oxygen atoms in total. The molecule has 0 saturated heterocycles. The smallest absolute Gasteiger partial charge is 0.261 e. The molecule has 3 rings (SSSR count). The monoisotopic (exact) mass is 345 g/mol. The van der Waals surface area contributed by atoms with Gasteiger partial charge in [-0.2, -0.15) is 0 Å². The van der Waals surface area contributed by atoms with Gasteiger partial charge in [-0.05, 0) is 33.1 Å². The van der Waals surface area contributed by atoms with Crippen LogP contribution in [-0.4, -0.2) is 8.32 Å². The maximum atomic E-state index is 6.87. The number of rotatable bonds is 5. The quantitative estimate of drug-likeness (QED) is 0.616. The van der Waals surface area contributed by atoms with E-state index in [-0.39, 0.29) is 5.04 Å². The summed E-state index contributed by atoms with van der Waals surface area (Å²) in [5.41, 5.74) is 1.16. The molecule has 0 aliphatic carbocycles. The topological polar surface area (TPSA) is 9.23 Å². The zero-order valence-corrected chi connectivity index (χ0v) is 16.2. The normalized spacial score (nSPS) is 12.1. The molecule has 0 heterocycles. The van der Waals surface area contributed by atoms with Crippen molar-refractivity contribution < 1.29 is 4.43 Å². The van der Waals surface area contributed by atoms with Crippen molar-refractivity contribution in [1.82, 2.24) is 0 Å². The maximum absolute atomic E-state index is 6.87. The Bertz CT molecular complexity index is 737. The fraction of sp³-hybridized carbons (Fsp3) is 0.217. The standard InChI is InChI=1S/C23H25OSi/c1-23(2,3)25(21-15-9-5-10-16-21,22-17-11-6-12-18-22)24-19-20-13-7-4-8-14-20/h4-7,9-18H,19H2,1-3H3. The summed E-state index contributed by atoms with van der Waals surface area (Å²) < 4.78 is 6.87. The molecule has 0 spiro atoms. The molecule has 0 bridgehead atoms. The fourth-order valence-electron chi connectivity index (χ4n) is 3.47. The van der Waals surface area contributed by atoms with E-state index in [0.29, 0.717) is 6.61 Å². The minimum atomic E-state index is -2.45. The molecule has 0 aliphatic heterocycles. The van der Waals surface area contributed by atoms with E-state index in [1.807, 2.05) is 18.2 Å². The van der Waals surface area contributed by atoms with Gasteiger partial charge in [0.1, 0.15) is 0 Å². The summed E-state index contributed by atoms with van der Waals surface area (Å²) in [5.74, 6) is 0. The first-order valence-corrected chi connectivity index (χ1v) is 10.6. The molecule has 0 amide bonds. The molecule has 1 radical (unpaired) electrons. The third-order valence-corrected chi connectivity index (χ3v) is 9.63. The van der Waals surface area contributed by atoms with Gasteiger partial charge in [0.05, 0.1) is 6.61 Å². The lowest BCUT2D eigenvalue weighted by molar-refractivity contribution is 0.286. The van der Waals surface area contributed by atoms with Gasteiger partial charge in [-0.1, -0.05) is 99.6 Å². The predicted molar refractivity (Wildman–Crippen MR) is 108 cm³/mol. The molecule has 0 aliphatic rings. The Labute approximate surface area is 152 Å². The van der Waals surface area contributed by atoms with E-state index in [4.69, 9.17) is 4.43 Å². The van der Waals surface area contributed by atoms with Crippen LogP contribution in [0, 0.1) is 6.07 Å². The van der Waals surface area contributed by atoms with Crippen LogP contribution in [-0.2, 0) is 11.0 Å². The van der Waals surface area contributed by atoms with Crippen LogP contribution in [0.4, 0.5) is 0 Å². The Morgan fingerprint density at radius 3 is 1.80 bits per heavy atom. The lowest BCUT2D eigenvalue weighted by Crippen LogP contribution is -2.66. The molecule has 2 heteroatoms. The third kappa shape index (κ3) is 3.60. The number of benzene rings is 3. The number of hydrogen-bond acceptors (Lipinski definition) is 1. The van der Waals surface area contributed by atoms with Crippen LogP contribution >= 0.6 is 0 Å². The van der Waals surface area contributed by atoms with Crippen LogP contribution in [0.25, 0.3) is 0 Å². The molecule has 0 atom stereocenters. The summed E-state index contributed by atoms with van der Waals surface area (Å²) in [6, 6.07) is 32.7. The highest BCUT2D eigenvalue weighted by Crippen LogP contribution is 2.37. The first kappa shape index (κ1) is 17.7. The second-order valence-electron chi connectivity index (χ2n) is 7.36. The van der Waals surface area contributed by atoms with Gasteiger partial charge in [-0.15, -0.1) is 0 Å². The predicted octanol–water partition coefficient (Wildman–Crippen LogP) is 4.56. The Kier molecular flexibility index (Phi) is 5.21. The maximum Gasteiger partial charge on any atom is 0.261 e. The van der Waals surface area contributed by atoms with E-state index in [0.717, 1.165) is 5.56 Å². The fourth-order valence-corrected chi connectivity index (χ4v) is 8.01. The molecule has 127 valence electrons. The second kappa shape index (κ2) is 7.38.